The van der Waals surface area contributed by atoms with Gasteiger partial charge in [-0.15, -0.1) is 0 Å². The fourth-order valence-corrected chi connectivity index (χ4v) is 2.73. The van der Waals surface area contributed by atoms with Crippen molar-refractivity contribution in [2.24, 2.45) is 0 Å². The summed E-state index contributed by atoms with van der Waals surface area (Å²) in [5.41, 5.74) is 0.368. The zero-order chi connectivity index (χ0) is 14.8. The minimum absolute atomic E-state index is 0.348. The quantitative estimate of drug-likeness (QED) is 0.911. The van der Waals surface area contributed by atoms with Crippen LogP contribution in [-0.2, 0) is 12.0 Å². The van der Waals surface area contributed by atoms with E-state index in [-0.39, 0.29) is 5.82 Å². The monoisotopic (exact) mass is 338 g/mol. The molecule has 4 heteroatoms. The Morgan fingerprint density at radius 3 is 2.60 bits per heavy atom. The van der Waals surface area contributed by atoms with E-state index < -0.39 is 5.60 Å². The molecule has 0 aromatic heterocycles. The molecule has 0 saturated carbocycles. The normalized spacial score (nSPS) is 13.8. The van der Waals surface area contributed by atoms with Gasteiger partial charge in [0.2, 0.25) is 0 Å². The van der Waals surface area contributed by atoms with Gasteiger partial charge in [0.15, 0.2) is 0 Å². The summed E-state index contributed by atoms with van der Waals surface area (Å²) in [4.78, 5) is 0. The van der Waals surface area contributed by atoms with Crippen LogP contribution in [0.1, 0.15) is 18.1 Å². The van der Waals surface area contributed by atoms with Gasteiger partial charge in [0.1, 0.15) is 11.6 Å². The lowest BCUT2D eigenvalue weighted by molar-refractivity contribution is 0.0572. The first-order valence-corrected chi connectivity index (χ1v) is 7.02. The van der Waals surface area contributed by atoms with Gasteiger partial charge in [-0.25, -0.2) is 4.39 Å². The average Bonchev–Trinajstić information content (AvgIpc) is 2.38. The second-order valence-electron chi connectivity index (χ2n) is 4.93. The van der Waals surface area contributed by atoms with E-state index in [1.807, 2.05) is 18.2 Å². The first-order chi connectivity index (χ1) is 9.42. The van der Waals surface area contributed by atoms with E-state index in [2.05, 4.69) is 15.9 Å². The van der Waals surface area contributed by atoms with Crippen molar-refractivity contribution >= 4 is 15.9 Å². The zero-order valence-corrected chi connectivity index (χ0v) is 12.9. The summed E-state index contributed by atoms with van der Waals surface area (Å²) in [6.07, 6.45) is 0.388. The van der Waals surface area contributed by atoms with Crippen LogP contribution in [0.5, 0.6) is 5.75 Å². The van der Waals surface area contributed by atoms with E-state index in [0.717, 1.165) is 15.8 Å². The lowest BCUT2D eigenvalue weighted by atomic mass is 9.89. The fourth-order valence-electron chi connectivity index (χ4n) is 2.14. The van der Waals surface area contributed by atoms with Gasteiger partial charge < -0.3 is 9.84 Å². The summed E-state index contributed by atoms with van der Waals surface area (Å²) in [5, 5.41) is 10.6. The Labute approximate surface area is 126 Å². The summed E-state index contributed by atoms with van der Waals surface area (Å²) >= 11 is 3.42. The molecule has 0 radical (unpaired) electrons. The summed E-state index contributed by atoms with van der Waals surface area (Å²) in [5.74, 6) is 0.387. The number of benzene rings is 2. The number of ether oxygens (including phenoxy) is 1. The molecule has 1 unspecified atom stereocenters. The van der Waals surface area contributed by atoms with Gasteiger partial charge in [0.25, 0.3) is 0 Å². The average molecular weight is 339 g/mol. The lowest BCUT2D eigenvalue weighted by Gasteiger charge is -2.24. The Bertz CT molecular complexity index is 611. The summed E-state index contributed by atoms with van der Waals surface area (Å²) in [7, 11) is 1.60. The first kappa shape index (κ1) is 15.0. The second kappa shape index (κ2) is 5.94. The summed E-state index contributed by atoms with van der Waals surface area (Å²) in [6, 6.07) is 11.7. The van der Waals surface area contributed by atoms with Crippen molar-refractivity contribution in [1.29, 1.82) is 0 Å². The third-order valence-corrected chi connectivity index (χ3v) is 3.83. The van der Waals surface area contributed by atoms with Crippen molar-refractivity contribution < 1.29 is 14.2 Å². The van der Waals surface area contributed by atoms with E-state index >= 15 is 0 Å². The highest BCUT2D eigenvalue weighted by Gasteiger charge is 2.24. The Kier molecular flexibility index (Phi) is 4.45. The number of rotatable bonds is 4. The SMILES string of the molecule is COc1ccc(CC(C)(O)c2cccc(F)c2)cc1Br. The van der Waals surface area contributed by atoms with E-state index in [9.17, 15) is 9.50 Å². The number of aliphatic hydroxyl groups is 1. The molecule has 0 saturated heterocycles. The Morgan fingerprint density at radius 1 is 1.25 bits per heavy atom. The van der Waals surface area contributed by atoms with Gasteiger partial charge in [-0.05, 0) is 58.2 Å². The topological polar surface area (TPSA) is 29.5 Å². The molecule has 1 N–H and O–H groups in total. The molecule has 0 aliphatic carbocycles. The molecule has 0 amide bonds. The minimum Gasteiger partial charge on any atom is -0.496 e. The van der Waals surface area contributed by atoms with E-state index in [4.69, 9.17) is 4.74 Å². The van der Waals surface area contributed by atoms with Crippen LogP contribution in [0.4, 0.5) is 4.39 Å². The van der Waals surface area contributed by atoms with Gasteiger partial charge in [0, 0.05) is 6.42 Å². The zero-order valence-electron chi connectivity index (χ0n) is 11.4. The van der Waals surface area contributed by atoms with Crippen molar-refractivity contribution in [1.82, 2.24) is 0 Å². The van der Waals surface area contributed by atoms with Crippen LogP contribution in [0.3, 0.4) is 0 Å². The van der Waals surface area contributed by atoms with Crippen LogP contribution >= 0.6 is 15.9 Å². The van der Waals surface area contributed by atoms with Crippen molar-refractivity contribution in [3.05, 3.63) is 63.9 Å². The predicted octanol–water partition coefficient (Wildman–Crippen LogP) is 4.05. The van der Waals surface area contributed by atoms with E-state index in [1.54, 1.807) is 26.2 Å². The van der Waals surface area contributed by atoms with Crippen LogP contribution in [0.25, 0.3) is 0 Å². The predicted molar refractivity (Wildman–Crippen MR) is 80.4 cm³/mol. The highest BCUT2D eigenvalue weighted by Crippen LogP contribution is 2.30. The van der Waals surface area contributed by atoms with E-state index in [1.165, 1.54) is 12.1 Å². The van der Waals surface area contributed by atoms with Gasteiger partial charge in [-0.1, -0.05) is 18.2 Å². The smallest absolute Gasteiger partial charge is 0.133 e. The Morgan fingerprint density at radius 2 is 2.00 bits per heavy atom. The maximum Gasteiger partial charge on any atom is 0.133 e. The second-order valence-corrected chi connectivity index (χ2v) is 5.78. The maximum atomic E-state index is 13.3. The molecular formula is C16H16BrFO2. The Balaban J connectivity index is 2.26. The third kappa shape index (κ3) is 3.38. The third-order valence-electron chi connectivity index (χ3n) is 3.21. The number of hydrogen-bond acceptors (Lipinski definition) is 2. The maximum absolute atomic E-state index is 13.3. The molecule has 20 heavy (non-hydrogen) atoms. The molecule has 0 bridgehead atoms. The molecule has 2 rings (SSSR count). The molecule has 2 nitrogen and oxygen atoms in total. The first-order valence-electron chi connectivity index (χ1n) is 6.23. The van der Waals surface area contributed by atoms with Gasteiger partial charge in [-0.2, -0.15) is 0 Å². The summed E-state index contributed by atoms with van der Waals surface area (Å²) < 4.78 is 19.3. The largest absolute Gasteiger partial charge is 0.496 e. The van der Waals surface area contributed by atoms with Crippen LogP contribution in [0.15, 0.2) is 46.9 Å². The molecule has 2 aromatic carbocycles. The number of halogens is 2. The molecule has 0 aliphatic heterocycles. The van der Waals surface area contributed by atoms with Crippen LogP contribution in [0, 0.1) is 5.82 Å². The van der Waals surface area contributed by atoms with Gasteiger partial charge in [-0.3, -0.25) is 0 Å². The Hall–Kier alpha value is -1.39. The molecule has 0 heterocycles. The molecule has 0 fully saturated rings. The molecule has 2 aromatic rings. The molecule has 0 spiro atoms. The lowest BCUT2D eigenvalue weighted by Crippen LogP contribution is -2.24. The van der Waals surface area contributed by atoms with Crippen molar-refractivity contribution in [3.63, 3.8) is 0 Å². The number of methoxy groups -OCH3 is 1. The fraction of sp³-hybridized carbons (Fsp3) is 0.250. The van der Waals surface area contributed by atoms with Gasteiger partial charge in [0.05, 0.1) is 17.2 Å². The van der Waals surface area contributed by atoms with Crippen molar-refractivity contribution in [3.8, 4) is 5.75 Å². The van der Waals surface area contributed by atoms with E-state index in [0.29, 0.717) is 12.0 Å². The molecule has 106 valence electrons. The standard InChI is InChI=1S/C16H16BrFO2/c1-16(19,12-4-3-5-13(18)9-12)10-11-6-7-15(20-2)14(17)8-11/h3-9,19H,10H2,1-2H3. The summed E-state index contributed by atoms with van der Waals surface area (Å²) in [6.45, 7) is 1.68. The van der Waals surface area contributed by atoms with Gasteiger partial charge >= 0.3 is 0 Å². The van der Waals surface area contributed by atoms with Crippen molar-refractivity contribution in [2.75, 3.05) is 7.11 Å². The highest BCUT2D eigenvalue weighted by molar-refractivity contribution is 9.10. The van der Waals surface area contributed by atoms with Crippen LogP contribution in [0.2, 0.25) is 0 Å². The molecule has 0 aliphatic rings. The van der Waals surface area contributed by atoms with Crippen LogP contribution < -0.4 is 4.74 Å². The minimum atomic E-state index is -1.13. The van der Waals surface area contributed by atoms with Crippen LogP contribution in [-0.4, -0.2) is 12.2 Å². The van der Waals surface area contributed by atoms with Crippen molar-refractivity contribution in [2.45, 2.75) is 18.9 Å². The number of hydrogen-bond donors (Lipinski definition) is 1. The molecular weight excluding hydrogens is 323 g/mol. The highest BCUT2D eigenvalue weighted by atomic mass is 79.9. The molecule has 1 atom stereocenters.